The maximum absolute atomic E-state index is 12.3. The lowest BCUT2D eigenvalue weighted by Crippen LogP contribution is -2.14. The lowest BCUT2D eigenvalue weighted by atomic mass is 10.1. The van der Waals surface area contributed by atoms with Gasteiger partial charge >= 0.3 is 0 Å². The van der Waals surface area contributed by atoms with Gasteiger partial charge in [-0.1, -0.05) is 23.7 Å². The Bertz CT molecular complexity index is 2110. The highest BCUT2D eigenvalue weighted by atomic mass is 35.5. The number of aromatic amines is 1. The first-order valence-corrected chi connectivity index (χ1v) is 18.0. The van der Waals surface area contributed by atoms with Crippen LogP contribution >= 0.6 is 23.2 Å². The van der Waals surface area contributed by atoms with Crippen LogP contribution in [0, 0.1) is 6.92 Å². The van der Waals surface area contributed by atoms with Gasteiger partial charge in [0.05, 0.1) is 32.8 Å². The molecule has 0 bridgehead atoms. The molecular formula is C26H26Cl2N4O10S3. The molecule has 0 atom stereocenters. The van der Waals surface area contributed by atoms with E-state index in [-0.39, 0.29) is 55.5 Å². The normalized spacial score (nSPS) is 11.8. The van der Waals surface area contributed by atoms with Crippen molar-refractivity contribution in [1.29, 1.82) is 0 Å². The molecule has 0 radical (unpaired) electrons. The number of amides is 1. The van der Waals surface area contributed by atoms with E-state index in [0.717, 1.165) is 22.9 Å². The SMILES string of the molecule is Cc1cc(=O)n(-c2cc(S(=O)(=O)O)ccc2Cl)[nH]1.Nc1cc(NC(=O)c2ccc(CS(=O)(=O)CCCl)cc2)ccc1S(=O)(=O)O. The van der Waals surface area contributed by atoms with Gasteiger partial charge in [0.25, 0.3) is 31.7 Å². The Morgan fingerprint density at radius 3 is 2.09 bits per heavy atom. The number of aryl methyl sites for hydroxylation is 1. The number of halogens is 2. The molecule has 19 heteroatoms. The van der Waals surface area contributed by atoms with E-state index in [1.54, 1.807) is 6.92 Å². The Balaban J connectivity index is 0.000000265. The molecule has 0 aliphatic rings. The number of anilines is 2. The van der Waals surface area contributed by atoms with E-state index in [1.165, 1.54) is 48.5 Å². The Kier molecular flexibility index (Phi) is 11.2. The Morgan fingerprint density at radius 1 is 0.933 bits per heavy atom. The van der Waals surface area contributed by atoms with Gasteiger partial charge in [0, 0.05) is 28.9 Å². The summed E-state index contributed by atoms with van der Waals surface area (Å²) in [6.07, 6.45) is 0. The summed E-state index contributed by atoms with van der Waals surface area (Å²) in [5.74, 6) is -0.779. The minimum Gasteiger partial charge on any atom is -0.398 e. The highest BCUT2D eigenvalue weighted by Gasteiger charge is 2.17. The summed E-state index contributed by atoms with van der Waals surface area (Å²) < 4.78 is 86.9. The lowest BCUT2D eigenvalue weighted by Gasteiger charge is -2.09. The van der Waals surface area contributed by atoms with E-state index < -0.39 is 40.9 Å². The molecule has 0 saturated carbocycles. The van der Waals surface area contributed by atoms with Crippen LogP contribution in [0.4, 0.5) is 11.4 Å². The zero-order chi connectivity index (χ0) is 33.7. The summed E-state index contributed by atoms with van der Waals surface area (Å²) in [6.45, 7) is 1.68. The number of nitrogens with one attached hydrogen (secondary N) is 2. The minimum atomic E-state index is -4.45. The van der Waals surface area contributed by atoms with Crippen LogP contribution in [0.25, 0.3) is 5.69 Å². The van der Waals surface area contributed by atoms with Crippen LogP contribution in [-0.4, -0.2) is 61.7 Å². The number of nitrogens with zero attached hydrogens (tertiary/aromatic N) is 1. The number of carbonyl (C=O) groups excluding carboxylic acids is 1. The van der Waals surface area contributed by atoms with Gasteiger partial charge in [-0.3, -0.25) is 23.8 Å². The van der Waals surface area contributed by atoms with Crippen molar-refractivity contribution >= 4 is 70.6 Å². The topological polar surface area (TPSA) is 236 Å². The van der Waals surface area contributed by atoms with Gasteiger partial charge in [-0.05, 0) is 61.0 Å². The molecule has 0 fully saturated rings. The first-order chi connectivity index (χ1) is 20.8. The zero-order valence-corrected chi connectivity index (χ0v) is 27.1. The second-order valence-corrected chi connectivity index (χ2v) is 15.1. The molecule has 3 aromatic carbocycles. The third-order valence-electron chi connectivity index (χ3n) is 5.84. The number of hydrogen-bond donors (Lipinski definition) is 5. The molecule has 1 aromatic heterocycles. The van der Waals surface area contributed by atoms with Crippen LogP contribution in [0.15, 0.2) is 81.3 Å². The second kappa shape index (κ2) is 14.2. The smallest absolute Gasteiger partial charge is 0.296 e. The van der Waals surface area contributed by atoms with E-state index >= 15 is 0 Å². The fourth-order valence-corrected chi connectivity index (χ4v) is 6.86. The van der Waals surface area contributed by atoms with Crippen LogP contribution < -0.4 is 16.6 Å². The quantitative estimate of drug-likeness (QED) is 0.0955. The van der Waals surface area contributed by atoms with Gasteiger partial charge in [0.1, 0.15) is 4.90 Å². The molecule has 1 heterocycles. The van der Waals surface area contributed by atoms with Crippen LogP contribution in [0.2, 0.25) is 5.02 Å². The molecule has 0 aliphatic carbocycles. The van der Waals surface area contributed by atoms with Gasteiger partial charge in [-0.15, -0.1) is 11.6 Å². The van der Waals surface area contributed by atoms with Crippen molar-refractivity contribution in [2.75, 3.05) is 22.7 Å². The fraction of sp³-hybridized carbons (Fsp3) is 0.154. The van der Waals surface area contributed by atoms with Gasteiger partial charge in [0.15, 0.2) is 9.84 Å². The van der Waals surface area contributed by atoms with E-state index in [1.807, 2.05) is 0 Å². The summed E-state index contributed by atoms with van der Waals surface area (Å²) in [5.41, 5.74) is 6.78. The standard InChI is InChI=1S/C16H17ClN2O6S2.C10H9ClN2O4S/c17-7-8-26(21,22)10-11-1-3-12(4-2-11)16(20)19-13-5-6-15(14(18)9-13)27(23,24)25;1-6-4-10(14)13(12-6)9-5-7(18(15,16)17)2-3-8(9)11/h1-6,9H,7-8,10,18H2,(H,19,20)(H,23,24,25);2-5,12H,1H3,(H,15,16,17). The maximum Gasteiger partial charge on any atom is 0.296 e. The van der Waals surface area contributed by atoms with E-state index in [4.69, 9.17) is 38.0 Å². The first-order valence-electron chi connectivity index (χ1n) is 12.4. The first kappa shape index (κ1) is 35.8. The van der Waals surface area contributed by atoms with Crippen molar-refractivity contribution in [2.24, 2.45) is 0 Å². The Hall–Kier alpha value is -3.71. The predicted molar refractivity (Wildman–Crippen MR) is 169 cm³/mol. The Morgan fingerprint density at radius 2 is 1.58 bits per heavy atom. The Labute approximate surface area is 268 Å². The third-order valence-corrected chi connectivity index (χ3v) is 9.95. The second-order valence-electron chi connectivity index (χ2n) is 9.36. The van der Waals surface area contributed by atoms with Crippen molar-refractivity contribution in [2.45, 2.75) is 22.5 Å². The van der Waals surface area contributed by atoms with Crippen LogP contribution in [-0.2, 0) is 35.8 Å². The number of carbonyl (C=O) groups is 1. The number of nitrogen functional groups attached to an aromatic ring is 1. The van der Waals surface area contributed by atoms with E-state index in [9.17, 15) is 34.8 Å². The molecule has 14 nitrogen and oxygen atoms in total. The number of sulfone groups is 1. The van der Waals surface area contributed by atoms with Crippen LogP contribution in [0.1, 0.15) is 21.6 Å². The number of H-pyrrole nitrogens is 1. The van der Waals surface area contributed by atoms with Crippen molar-refractivity contribution in [3.8, 4) is 5.69 Å². The summed E-state index contributed by atoms with van der Waals surface area (Å²) in [6, 6.07) is 14.5. The summed E-state index contributed by atoms with van der Waals surface area (Å²) in [7, 11) is -12.1. The monoisotopic (exact) mass is 720 g/mol. The fourth-order valence-electron chi connectivity index (χ4n) is 3.78. The average Bonchev–Trinajstić information content (AvgIpc) is 3.25. The minimum absolute atomic E-state index is 0.0162. The largest absolute Gasteiger partial charge is 0.398 e. The number of nitrogens with two attached hydrogens (primary N) is 1. The highest BCUT2D eigenvalue weighted by molar-refractivity contribution is 7.90. The molecule has 0 saturated heterocycles. The maximum atomic E-state index is 12.3. The summed E-state index contributed by atoms with van der Waals surface area (Å²) >= 11 is 11.4. The number of rotatable bonds is 9. The molecular weight excluding hydrogens is 695 g/mol. The van der Waals surface area contributed by atoms with Crippen molar-refractivity contribution in [3.63, 3.8) is 0 Å². The summed E-state index contributed by atoms with van der Waals surface area (Å²) in [5, 5.41) is 5.44. The van der Waals surface area contributed by atoms with Crippen LogP contribution in [0.3, 0.4) is 0 Å². The number of aromatic nitrogens is 2. The molecule has 0 spiro atoms. The predicted octanol–water partition coefficient (Wildman–Crippen LogP) is 3.30. The zero-order valence-electron chi connectivity index (χ0n) is 23.1. The van der Waals surface area contributed by atoms with Gasteiger partial charge in [0.2, 0.25) is 0 Å². The lowest BCUT2D eigenvalue weighted by molar-refractivity contribution is 0.102. The highest BCUT2D eigenvalue weighted by Crippen LogP contribution is 2.24. The molecule has 4 aromatic rings. The van der Waals surface area contributed by atoms with Gasteiger partial charge in [-0.25, -0.2) is 13.1 Å². The van der Waals surface area contributed by atoms with Crippen molar-refractivity contribution in [1.82, 2.24) is 9.78 Å². The summed E-state index contributed by atoms with van der Waals surface area (Å²) in [4.78, 5) is 23.1. The van der Waals surface area contributed by atoms with Gasteiger partial charge in [-0.2, -0.15) is 16.8 Å². The van der Waals surface area contributed by atoms with E-state index in [2.05, 4.69) is 10.4 Å². The molecule has 242 valence electrons. The molecule has 4 rings (SSSR count). The van der Waals surface area contributed by atoms with Crippen molar-refractivity contribution in [3.05, 3.63) is 98.9 Å². The number of alkyl halides is 1. The molecule has 0 unspecified atom stereocenters. The third kappa shape index (κ3) is 9.89. The van der Waals surface area contributed by atoms with Gasteiger partial charge < -0.3 is 11.1 Å². The molecule has 6 N–H and O–H groups in total. The molecule has 0 aliphatic heterocycles. The number of hydrogen-bond acceptors (Lipinski definition) is 9. The van der Waals surface area contributed by atoms with Crippen LogP contribution in [0.5, 0.6) is 0 Å². The number of benzene rings is 3. The molecule has 1 amide bonds. The molecule has 45 heavy (non-hydrogen) atoms. The van der Waals surface area contributed by atoms with Crippen molar-refractivity contribution < 1.29 is 39.2 Å². The van der Waals surface area contributed by atoms with E-state index in [0.29, 0.717) is 11.3 Å². The average molecular weight is 722 g/mol.